The van der Waals surface area contributed by atoms with Crippen LogP contribution in [0.25, 0.3) is 0 Å². The van der Waals surface area contributed by atoms with Gasteiger partial charge in [-0.1, -0.05) is 12.2 Å². The summed E-state index contributed by atoms with van der Waals surface area (Å²) in [5.41, 5.74) is 1.32. The van der Waals surface area contributed by atoms with Gasteiger partial charge in [0.2, 0.25) is 0 Å². The average molecular weight is 216 g/mol. The fourth-order valence-corrected chi connectivity index (χ4v) is 2.31. The van der Waals surface area contributed by atoms with Crippen molar-refractivity contribution in [2.24, 2.45) is 0 Å². The van der Waals surface area contributed by atoms with Crippen molar-refractivity contribution >= 4 is 10.9 Å². The lowest BCUT2D eigenvalue weighted by molar-refractivity contribution is 0.117. The van der Waals surface area contributed by atoms with Gasteiger partial charge in [-0.3, -0.25) is 0 Å². The maximum absolute atomic E-state index is 5.52. The Hall–Kier alpha value is -0.250. The van der Waals surface area contributed by atoms with Crippen molar-refractivity contribution in [3.05, 3.63) is 23.1 Å². The Bertz CT molecular complexity index is 211. The molecule has 1 unspecified atom stereocenters. The lowest BCUT2D eigenvalue weighted by Crippen LogP contribution is -2.03. The van der Waals surface area contributed by atoms with E-state index in [1.165, 1.54) is 11.3 Å². The summed E-state index contributed by atoms with van der Waals surface area (Å²) in [5.74, 6) is 1.21. The minimum Gasteiger partial charge on any atom is -0.385 e. The van der Waals surface area contributed by atoms with Crippen molar-refractivity contribution in [3.63, 3.8) is 0 Å². The highest BCUT2D eigenvalue weighted by atomic mass is 32.2. The molecule has 1 atom stereocenters. The molecule has 0 aromatic carbocycles. The molecule has 1 rings (SSSR count). The molecule has 0 radical (unpaired) electrons. The van der Waals surface area contributed by atoms with Crippen molar-refractivity contribution < 1.29 is 9.47 Å². The van der Waals surface area contributed by atoms with Gasteiger partial charge in [-0.05, 0) is 29.4 Å². The predicted molar refractivity (Wildman–Crippen MR) is 64.3 cm³/mol. The van der Waals surface area contributed by atoms with Crippen LogP contribution in [0.3, 0.4) is 0 Å². The zero-order valence-electron chi connectivity index (χ0n) is 9.03. The molecule has 14 heavy (non-hydrogen) atoms. The fraction of sp³-hybridized carbons (Fsp3) is 0.636. The van der Waals surface area contributed by atoms with Crippen LogP contribution >= 0.6 is 10.9 Å². The summed E-state index contributed by atoms with van der Waals surface area (Å²) in [4.78, 5) is 0. The number of hydrogen-bond donors (Lipinski definition) is 1. The van der Waals surface area contributed by atoms with Gasteiger partial charge in [0.15, 0.2) is 0 Å². The zero-order chi connectivity index (χ0) is 10.2. The molecule has 2 nitrogen and oxygen atoms in total. The first kappa shape index (κ1) is 11.8. The minimum atomic E-state index is 0.125. The van der Waals surface area contributed by atoms with Crippen molar-refractivity contribution in [2.45, 2.75) is 6.42 Å². The van der Waals surface area contributed by atoms with E-state index in [1.54, 1.807) is 7.11 Å². The molecule has 0 N–H and O–H groups in total. The third-order valence-electron chi connectivity index (χ3n) is 2.09. The lowest BCUT2D eigenvalue weighted by Gasteiger charge is -2.14. The molecule has 0 amide bonds. The number of rotatable bonds is 6. The Morgan fingerprint density at radius 2 is 2.29 bits per heavy atom. The molecule has 0 saturated carbocycles. The third kappa shape index (κ3) is 4.84. The second-order valence-electron chi connectivity index (χ2n) is 3.43. The summed E-state index contributed by atoms with van der Waals surface area (Å²) < 4.78 is 10.5. The zero-order valence-corrected chi connectivity index (χ0v) is 9.93. The van der Waals surface area contributed by atoms with E-state index < -0.39 is 0 Å². The maximum atomic E-state index is 5.52. The highest BCUT2D eigenvalue weighted by Gasteiger charge is 2.00. The van der Waals surface area contributed by atoms with Crippen LogP contribution in [0.4, 0.5) is 0 Å². The van der Waals surface area contributed by atoms with Crippen LogP contribution in [0.2, 0.25) is 0 Å². The Labute approximate surface area is 89.3 Å². The molecule has 0 saturated heterocycles. The summed E-state index contributed by atoms with van der Waals surface area (Å²) in [6.45, 7) is 2.33. The smallest absolute Gasteiger partial charge is 0.0714 e. The Morgan fingerprint density at radius 1 is 1.43 bits per heavy atom. The van der Waals surface area contributed by atoms with Crippen LogP contribution in [0.15, 0.2) is 23.1 Å². The van der Waals surface area contributed by atoms with Crippen LogP contribution in [0.1, 0.15) is 6.42 Å². The highest BCUT2D eigenvalue weighted by Crippen LogP contribution is 2.26. The normalized spacial score (nSPS) is 23.6. The van der Waals surface area contributed by atoms with Crippen molar-refractivity contribution in [1.29, 1.82) is 0 Å². The molecule has 0 aromatic heterocycles. The molecule has 0 aliphatic carbocycles. The third-order valence-corrected chi connectivity index (χ3v) is 3.51. The summed E-state index contributed by atoms with van der Waals surface area (Å²) in [7, 11) is 1.84. The van der Waals surface area contributed by atoms with Gasteiger partial charge in [-0.15, -0.1) is 0 Å². The van der Waals surface area contributed by atoms with E-state index in [2.05, 4.69) is 23.8 Å². The van der Waals surface area contributed by atoms with Gasteiger partial charge in [0, 0.05) is 20.3 Å². The number of thiol groups is 1. The molecule has 82 valence electrons. The molecular weight excluding hydrogens is 196 g/mol. The van der Waals surface area contributed by atoms with Crippen molar-refractivity contribution in [1.82, 2.24) is 0 Å². The van der Waals surface area contributed by atoms with Crippen molar-refractivity contribution in [3.8, 4) is 0 Å². The molecule has 1 aliphatic heterocycles. The quantitative estimate of drug-likeness (QED) is 0.541. The number of methoxy groups -OCH3 is 1. The van der Waals surface area contributed by atoms with Crippen LogP contribution in [0, 0.1) is 0 Å². The van der Waals surface area contributed by atoms with Crippen molar-refractivity contribution in [2.75, 3.05) is 38.9 Å². The predicted octanol–water partition coefficient (Wildman–Crippen LogP) is 2.12. The maximum Gasteiger partial charge on any atom is 0.0714 e. The van der Waals surface area contributed by atoms with Gasteiger partial charge in [0.25, 0.3) is 0 Å². The lowest BCUT2D eigenvalue weighted by atomic mass is 10.3. The molecular formula is C11H20O2S. The van der Waals surface area contributed by atoms with E-state index in [0.717, 1.165) is 26.2 Å². The molecule has 0 spiro atoms. The topological polar surface area (TPSA) is 18.5 Å². The second-order valence-corrected chi connectivity index (χ2v) is 5.61. The van der Waals surface area contributed by atoms with Gasteiger partial charge in [-0.25, -0.2) is 10.9 Å². The first-order valence-electron chi connectivity index (χ1n) is 4.97. The standard InChI is InChI=1S/C11H20O2S/c1-12-6-3-7-13-10-11-4-8-14(2)9-5-11/h4-5,8,14H,3,6-7,9-10H2,1-2H3. The fourth-order valence-electron chi connectivity index (χ4n) is 1.22. The molecule has 0 bridgehead atoms. The minimum absolute atomic E-state index is 0.125. The van der Waals surface area contributed by atoms with Gasteiger partial charge in [-0.2, -0.15) is 0 Å². The van der Waals surface area contributed by atoms with E-state index in [4.69, 9.17) is 9.47 Å². The summed E-state index contributed by atoms with van der Waals surface area (Å²) in [6, 6.07) is 0. The van der Waals surface area contributed by atoms with E-state index in [1.807, 2.05) is 0 Å². The van der Waals surface area contributed by atoms with E-state index in [9.17, 15) is 0 Å². The van der Waals surface area contributed by atoms with E-state index in [-0.39, 0.29) is 10.9 Å². The summed E-state index contributed by atoms with van der Waals surface area (Å²) in [6.07, 6.45) is 7.76. The monoisotopic (exact) mass is 216 g/mol. The van der Waals surface area contributed by atoms with Crippen LogP contribution in [0.5, 0.6) is 0 Å². The Kier molecular flexibility index (Phi) is 5.99. The Balaban J connectivity index is 2.05. The first-order chi connectivity index (χ1) is 6.83. The van der Waals surface area contributed by atoms with Crippen LogP contribution < -0.4 is 0 Å². The van der Waals surface area contributed by atoms with Crippen LogP contribution in [-0.4, -0.2) is 38.9 Å². The number of ether oxygens (including phenoxy) is 2. The number of hydrogen-bond acceptors (Lipinski definition) is 2. The van der Waals surface area contributed by atoms with Gasteiger partial charge >= 0.3 is 0 Å². The van der Waals surface area contributed by atoms with Gasteiger partial charge in [0.1, 0.15) is 0 Å². The molecule has 0 aromatic rings. The van der Waals surface area contributed by atoms with E-state index in [0.29, 0.717) is 0 Å². The van der Waals surface area contributed by atoms with E-state index >= 15 is 0 Å². The average Bonchev–Trinajstić information content (AvgIpc) is 2.21. The largest absolute Gasteiger partial charge is 0.385 e. The molecule has 1 aliphatic rings. The molecule has 3 heteroatoms. The molecule has 1 heterocycles. The SMILES string of the molecule is COCCCOCC1=CC[SH](C)C=C1. The second kappa shape index (κ2) is 7.10. The first-order valence-corrected chi connectivity index (χ1v) is 7.01. The van der Waals surface area contributed by atoms with Gasteiger partial charge in [0.05, 0.1) is 6.61 Å². The van der Waals surface area contributed by atoms with Crippen LogP contribution in [-0.2, 0) is 9.47 Å². The summed E-state index contributed by atoms with van der Waals surface area (Å²) in [5, 5.41) is 2.31. The molecule has 0 fully saturated rings. The summed E-state index contributed by atoms with van der Waals surface area (Å²) >= 11 is 0. The highest BCUT2D eigenvalue weighted by molar-refractivity contribution is 8.19. The van der Waals surface area contributed by atoms with Gasteiger partial charge < -0.3 is 9.47 Å². The Morgan fingerprint density at radius 3 is 2.93 bits per heavy atom.